The molecule has 1 aromatic rings. The summed E-state index contributed by atoms with van der Waals surface area (Å²) in [4.78, 5) is 0. The first-order valence-electron chi connectivity index (χ1n) is 4.18. The lowest BCUT2D eigenvalue weighted by atomic mass is 10.0. The van der Waals surface area contributed by atoms with Gasteiger partial charge in [-0.05, 0) is 5.56 Å². The molecule has 2 nitrogen and oxygen atoms in total. The second kappa shape index (κ2) is 4.80. The quantitative estimate of drug-likeness (QED) is 0.714. The predicted molar refractivity (Wildman–Crippen MR) is 52.4 cm³/mol. The van der Waals surface area contributed by atoms with Gasteiger partial charge in [-0.2, -0.15) is 0 Å². The zero-order valence-electron chi connectivity index (χ0n) is 7.68. The molecule has 0 heterocycles. The first kappa shape index (κ1) is 9.96. The van der Waals surface area contributed by atoms with E-state index in [9.17, 15) is 5.11 Å². The Morgan fingerprint density at radius 1 is 1.38 bits per heavy atom. The normalized spacial score (nSPS) is 14.9. The fourth-order valence-corrected chi connectivity index (χ4v) is 1.24. The minimum Gasteiger partial charge on any atom is -0.386 e. The molecule has 0 fully saturated rings. The van der Waals surface area contributed by atoms with Crippen molar-refractivity contribution in [2.75, 3.05) is 7.11 Å². The number of hydrogen-bond acceptors (Lipinski definition) is 2. The minimum atomic E-state index is -0.660. The average Bonchev–Trinajstić information content (AvgIpc) is 2.20. The third kappa shape index (κ3) is 2.41. The maximum absolute atomic E-state index is 9.53. The molecule has 0 spiro atoms. The van der Waals surface area contributed by atoms with Crippen LogP contribution in [0.5, 0.6) is 0 Å². The van der Waals surface area contributed by atoms with Crippen molar-refractivity contribution in [3.05, 3.63) is 48.6 Å². The van der Waals surface area contributed by atoms with Gasteiger partial charge in [-0.3, -0.25) is 0 Å². The van der Waals surface area contributed by atoms with E-state index in [4.69, 9.17) is 4.74 Å². The Balaban J connectivity index is 2.84. The summed E-state index contributed by atoms with van der Waals surface area (Å²) in [5.41, 5.74) is 0.956. The highest BCUT2D eigenvalue weighted by atomic mass is 16.5. The van der Waals surface area contributed by atoms with Gasteiger partial charge in [0.15, 0.2) is 0 Å². The van der Waals surface area contributed by atoms with E-state index in [0.717, 1.165) is 5.56 Å². The predicted octanol–water partition coefficient (Wildman–Crippen LogP) is 1.92. The lowest BCUT2D eigenvalue weighted by molar-refractivity contribution is 0.0110. The summed E-state index contributed by atoms with van der Waals surface area (Å²) in [6.45, 7) is 3.52. The molecule has 2 unspecified atom stereocenters. The van der Waals surface area contributed by atoms with Crippen LogP contribution in [-0.2, 0) is 4.74 Å². The molecule has 13 heavy (non-hydrogen) atoms. The van der Waals surface area contributed by atoms with Gasteiger partial charge in [-0.15, -0.1) is 6.58 Å². The number of rotatable bonds is 4. The Kier molecular flexibility index (Phi) is 3.68. The fraction of sp³-hybridized carbons (Fsp3) is 0.273. The van der Waals surface area contributed by atoms with Crippen LogP contribution in [0.25, 0.3) is 0 Å². The van der Waals surface area contributed by atoms with Crippen LogP contribution in [0.4, 0.5) is 0 Å². The Bertz CT molecular complexity index is 256. The lowest BCUT2D eigenvalue weighted by Crippen LogP contribution is -2.17. The number of aliphatic hydroxyl groups excluding tert-OH is 1. The highest BCUT2D eigenvalue weighted by Gasteiger charge is 2.16. The molecule has 0 amide bonds. The summed E-state index contributed by atoms with van der Waals surface area (Å²) in [5.74, 6) is 0. The van der Waals surface area contributed by atoms with Crippen molar-refractivity contribution in [3.8, 4) is 0 Å². The fourth-order valence-electron chi connectivity index (χ4n) is 1.24. The molecule has 0 bridgehead atoms. The van der Waals surface area contributed by atoms with Gasteiger partial charge in [0.1, 0.15) is 12.2 Å². The molecule has 0 radical (unpaired) electrons. The Morgan fingerprint density at radius 2 is 2.00 bits per heavy atom. The lowest BCUT2D eigenvalue weighted by Gasteiger charge is -2.18. The van der Waals surface area contributed by atoms with E-state index in [-0.39, 0.29) is 6.10 Å². The van der Waals surface area contributed by atoms with E-state index in [0.29, 0.717) is 0 Å². The van der Waals surface area contributed by atoms with Gasteiger partial charge >= 0.3 is 0 Å². The summed E-state index contributed by atoms with van der Waals surface area (Å²) in [7, 11) is 1.57. The molecular weight excluding hydrogens is 164 g/mol. The third-order valence-electron chi connectivity index (χ3n) is 1.93. The van der Waals surface area contributed by atoms with E-state index in [1.807, 2.05) is 30.3 Å². The van der Waals surface area contributed by atoms with Crippen molar-refractivity contribution in [2.45, 2.75) is 12.2 Å². The smallest absolute Gasteiger partial charge is 0.112 e. The van der Waals surface area contributed by atoms with Crippen LogP contribution in [0.3, 0.4) is 0 Å². The molecule has 1 rings (SSSR count). The molecule has 0 saturated heterocycles. The molecule has 70 valence electrons. The largest absolute Gasteiger partial charge is 0.386 e. The first-order chi connectivity index (χ1) is 6.29. The summed E-state index contributed by atoms with van der Waals surface area (Å²) in [6.07, 6.45) is 0.493. The van der Waals surface area contributed by atoms with Crippen LogP contribution in [0.15, 0.2) is 43.0 Å². The van der Waals surface area contributed by atoms with Crippen molar-refractivity contribution in [3.63, 3.8) is 0 Å². The summed E-state index contributed by atoms with van der Waals surface area (Å²) in [6, 6.07) is 9.59. The van der Waals surface area contributed by atoms with E-state index < -0.39 is 6.10 Å². The number of aliphatic hydroxyl groups is 1. The van der Waals surface area contributed by atoms with Gasteiger partial charge in [0, 0.05) is 7.11 Å². The maximum atomic E-state index is 9.53. The molecule has 0 saturated carbocycles. The number of benzene rings is 1. The Hall–Kier alpha value is -1.12. The van der Waals surface area contributed by atoms with Gasteiger partial charge in [0.25, 0.3) is 0 Å². The molecule has 2 atom stereocenters. The maximum Gasteiger partial charge on any atom is 0.112 e. The number of ether oxygens (including phenoxy) is 1. The van der Waals surface area contributed by atoms with Gasteiger partial charge < -0.3 is 9.84 Å². The van der Waals surface area contributed by atoms with E-state index in [1.54, 1.807) is 7.11 Å². The molecule has 1 aromatic carbocycles. The second-order valence-electron chi connectivity index (χ2n) is 2.79. The van der Waals surface area contributed by atoms with Crippen LogP contribution in [0.1, 0.15) is 11.7 Å². The van der Waals surface area contributed by atoms with Gasteiger partial charge in [0.2, 0.25) is 0 Å². The molecule has 1 N–H and O–H groups in total. The van der Waals surface area contributed by atoms with Crippen LogP contribution in [0, 0.1) is 0 Å². The summed E-state index contributed by atoms with van der Waals surface area (Å²) in [5, 5.41) is 9.53. The standard InChI is InChI=1S/C11H14O2/c1-3-10(12)11(13-2)9-7-5-4-6-8-9/h3-8,10-12H,1H2,2H3. The SMILES string of the molecule is C=CC(O)C(OC)c1ccccc1. The highest BCUT2D eigenvalue weighted by Crippen LogP contribution is 2.20. The van der Waals surface area contributed by atoms with E-state index >= 15 is 0 Å². The topological polar surface area (TPSA) is 29.5 Å². The van der Waals surface area contributed by atoms with Gasteiger partial charge in [0.05, 0.1) is 0 Å². The van der Waals surface area contributed by atoms with Crippen molar-refractivity contribution < 1.29 is 9.84 Å². The van der Waals surface area contributed by atoms with E-state index in [1.165, 1.54) is 6.08 Å². The summed E-state index contributed by atoms with van der Waals surface area (Å²) < 4.78 is 5.17. The molecule has 0 aliphatic carbocycles. The van der Waals surface area contributed by atoms with Crippen LogP contribution in [-0.4, -0.2) is 18.3 Å². The van der Waals surface area contributed by atoms with Gasteiger partial charge in [-0.1, -0.05) is 36.4 Å². The van der Waals surface area contributed by atoms with Crippen LogP contribution in [0.2, 0.25) is 0 Å². The zero-order valence-corrected chi connectivity index (χ0v) is 7.68. The molecule has 0 aliphatic heterocycles. The molecule has 2 heteroatoms. The Morgan fingerprint density at radius 3 is 2.46 bits per heavy atom. The number of hydrogen-bond donors (Lipinski definition) is 1. The monoisotopic (exact) mass is 178 g/mol. The third-order valence-corrected chi connectivity index (χ3v) is 1.93. The molecule has 0 aromatic heterocycles. The second-order valence-corrected chi connectivity index (χ2v) is 2.79. The summed E-state index contributed by atoms with van der Waals surface area (Å²) >= 11 is 0. The van der Waals surface area contributed by atoms with Crippen molar-refractivity contribution >= 4 is 0 Å². The average molecular weight is 178 g/mol. The van der Waals surface area contributed by atoms with Crippen molar-refractivity contribution in [1.82, 2.24) is 0 Å². The van der Waals surface area contributed by atoms with Crippen LogP contribution < -0.4 is 0 Å². The number of methoxy groups -OCH3 is 1. The minimum absolute atomic E-state index is 0.321. The Labute approximate surface area is 78.5 Å². The van der Waals surface area contributed by atoms with Crippen LogP contribution >= 0.6 is 0 Å². The zero-order chi connectivity index (χ0) is 9.68. The molecular formula is C11H14O2. The molecule has 0 aliphatic rings. The van der Waals surface area contributed by atoms with Crippen molar-refractivity contribution in [1.29, 1.82) is 0 Å². The first-order valence-corrected chi connectivity index (χ1v) is 4.18. The van der Waals surface area contributed by atoms with Gasteiger partial charge in [-0.25, -0.2) is 0 Å². The van der Waals surface area contributed by atoms with Crippen molar-refractivity contribution in [2.24, 2.45) is 0 Å². The highest BCUT2D eigenvalue weighted by molar-refractivity contribution is 5.19. The van der Waals surface area contributed by atoms with E-state index in [2.05, 4.69) is 6.58 Å².